The van der Waals surface area contributed by atoms with Crippen molar-refractivity contribution in [1.82, 2.24) is 0 Å². The molecule has 2 aromatic carbocycles. The molecule has 3 heterocycles. The molecule has 3 aromatic rings. The van der Waals surface area contributed by atoms with Crippen LogP contribution in [0.15, 0.2) is 63.8 Å². The zero-order valence-electron chi connectivity index (χ0n) is 14.8. The summed E-state index contributed by atoms with van der Waals surface area (Å²) in [5, 5.41) is 0.667. The molecule has 0 aliphatic carbocycles. The van der Waals surface area contributed by atoms with Crippen LogP contribution in [-0.2, 0) is 9.53 Å². The van der Waals surface area contributed by atoms with Gasteiger partial charge in [0.05, 0.1) is 16.7 Å². The van der Waals surface area contributed by atoms with Crippen LogP contribution >= 0.6 is 0 Å². The number of esters is 1. The highest BCUT2D eigenvalue weighted by atomic mass is 16.7. The Hall–Kier alpha value is -3.67. The number of Topliss-reactive ketones (excluding diaryl/α,β-unsaturated/α-hetero) is 1. The summed E-state index contributed by atoms with van der Waals surface area (Å²) in [5.74, 6) is -1.39. The highest BCUT2D eigenvalue weighted by Crippen LogP contribution is 2.37. The van der Waals surface area contributed by atoms with Gasteiger partial charge >= 0.3 is 11.6 Å². The Morgan fingerprint density at radius 1 is 0.893 bits per heavy atom. The lowest BCUT2D eigenvalue weighted by molar-refractivity contribution is -0.162. The first-order valence-electron chi connectivity index (χ1n) is 8.79. The summed E-state index contributed by atoms with van der Waals surface area (Å²) in [4.78, 5) is 37.9. The third-order valence-electron chi connectivity index (χ3n) is 4.96. The van der Waals surface area contributed by atoms with Gasteiger partial charge in [0.1, 0.15) is 17.3 Å². The van der Waals surface area contributed by atoms with E-state index in [1.807, 2.05) is 13.0 Å². The van der Waals surface area contributed by atoms with Crippen molar-refractivity contribution >= 4 is 28.3 Å². The van der Waals surface area contributed by atoms with Crippen molar-refractivity contribution in [2.45, 2.75) is 13.2 Å². The molecular formula is C22H14O6. The third kappa shape index (κ3) is 2.45. The topological polar surface area (TPSA) is 82.8 Å². The number of rotatable bonds is 1. The maximum atomic E-state index is 13.0. The van der Waals surface area contributed by atoms with Crippen LogP contribution in [0.25, 0.3) is 16.5 Å². The minimum absolute atomic E-state index is 0.00815. The fraction of sp³-hybridized carbons (Fsp3) is 0.136. The summed E-state index contributed by atoms with van der Waals surface area (Å²) in [6.07, 6.45) is 0.400. The van der Waals surface area contributed by atoms with Crippen LogP contribution in [0, 0.1) is 12.8 Å². The molecule has 28 heavy (non-hydrogen) atoms. The van der Waals surface area contributed by atoms with Gasteiger partial charge < -0.3 is 13.9 Å². The number of fused-ring (bicyclic) bond motifs is 3. The molecule has 0 saturated heterocycles. The fourth-order valence-corrected chi connectivity index (χ4v) is 3.56. The van der Waals surface area contributed by atoms with Gasteiger partial charge in [-0.15, -0.1) is 0 Å². The largest absolute Gasteiger partial charge is 0.453 e. The van der Waals surface area contributed by atoms with Crippen molar-refractivity contribution in [2.75, 3.05) is 0 Å². The molecule has 2 aliphatic heterocycles. The van der Waals surface area contributed by atoms with E-state index in [0.29, 0.717) is 22.3 Å². The number of aryl methyl sites for hydroxylation is 1. The molecule has 0 radical (unpaired) electrons. The molecule has 1 aromatic heterocycles. The lowest BCUT2D eigenvalue weighted by Crippen LogP contribution is -2.43. The first-order valence-corrected chi connectivity index (χ1v) is 8.79. The molecule has 6 heteroatoms. The lowest BCUT2D eigenvalue weighted by atomic mass is 9.88. The van der Waals surface area contributed by atoms with Gasteiger partial charge in [-0.2, -0.15) is 0 Å². The number of carbonyl (C=O) groups excluding carboxylic acids is 2. The van der Waals surface area contributed by atoms with E-state index in [1.165, 1.54) is 6.08 Å². The van der Waals surface area contributed by atoms with Gasteiger partial charge in [-0.1, -0.05) is 35.9 Å². The highest BCUT2D eigenvalue weighted by molar-refractivity contribution is 6.19. The van der Waals surface area contributed by atoms with Crippen LogP contribution in [0.5, 0.6) is 5.75 Å². The molecule has 0 saturated carbocycles. The molecule has 2 aliphatic rings. The van der Waals surface area contributed by atoms with Gasteiger partial charge in [0, 0.05) is 5.39 Å². The third-order valence-corrected chi connectivity index (χ3v) is 4.96. The highest BCUT2D eigenvalue weighted by Gasteiger charge is 2.43. The van der Waals surface area contributed by atoms with E-state index in [-0.39, 0.29) is 16.9 Å². The summed E-state index contributed by atoms with van der Waals surface area (Å²) in [7, 11) is 0. The molecule has 0 N–H and O–H groups in total. The number of carbonyl (C=O) groups is 2. The maximum absolute atomic E-state index is 13.0. The smallest absolute Gasteiger partial charge is 0.344 e. The lowest BCUT2D eigenvalue weighted by Gasteiger charge is -2.33. The summed E-state index contributed by atoms with van der Waals surface area (Å²) < 4.78 is 16.4. The fourth-order valence-electron chi connectivity index (χ4n) is 3.56. The van der Waals surface area contributed by atoms with Crippen molar-refractivity contribution in [2.24, 2.45) is 5.92 Å². The van der Waals surface area contributed by atoms with Crippen LogP contribution in [0.2, 0.25) is 0 Å². The summed E-state index contributed by atoms with van der Waals surface area (Å²) in [5.41, 5.74) is 1.17. The van der Waals surface area contributed by atoms with Gasteiger partial charge in [-0.05, 0) is 31.2 Å². The van der Waals surface area contributed by atoms with Crippen molar-refractivity contribution in [1.29, 1.82) is 0 Å². The van der Waals surface area contributed by atoms with Crippen LogP contribution in [-0.4, -0.2) is 18.0 Å². The van der Waals surface area contributed by atoms with Crippen molar-refractivity contribution < 1.29 is 23.5 Å². The Kier molecular flexibility index (Phi) is 3.49. The molecule has 6 nitrogen and oxygen atoms in total. The van der Waals surface area contributed by atoms with Crippen LogP contribution in [0.4, 0.5) is 0 Å². The number of benzene rings is 2. The minimum atomic E-state index is -1.05. The average molecular weight is 374 g/mol. The molecule has 2 unspecified atom stereocenters. The first-order chi connectivity index (χ1) is 13.5. The predicted octanol–water partition coefficient (Wildman–Crippen LogP) is 3.26. The van der Waals surface area contributed by atoms with Gasteiger partial charge in [-0.3, -0.25) is 4.79 Å². The number of hydrogen-bond acceptors (Lipinski definition) is 6. The molecule has 0 spiro atoms. The van der Waals surface area contributed by atoms with E-state index in [2.05, 4.69) is 0 Å². The number of ketones is 1. The Morgan fingerprint density at radius 3 is 2.57 bits per heavy atom. The van der Waals surface area contributed by atoms with E-state index in [0.717, 1.165) is 5.56 Å². The molecule has 0 amide bonds. The first kappa shape index (κ1) is 16.5. The van der Waals surface area contributed by atoms with Gasteiger partial charge in [0.25, 0.3) is 6.29 Å². The minimum Gasteiger partial charge on any atom is -0.453 e. The quantitative estimate of drug-likeness (QED) is 0.480. The van der Waals surface area contributed by atoms with Crippen LogP contribution < -0.4 is 10.4 Å². The van der Waals surface area contributed by atoms with Crippen molar-refractivity contribution in [3.8, 4) is 5.75 Å². The van der Waals surface area contributed by atoms with E-state index in [4.69, 9.17) is 13.9 Å². The van der Waals surface area contributed by atoms with E-state index >= 15 is 0 Å². The van der Waals surface area contributed by atoms with Crippen LogP contribution in [0.1, 0.15) is 21.5 Å². The molecule has 138 valence electrons. The van der Waals surface area contributed by atoms with Gasteiger partial charge in [0.2, 0.25) is 0 Å². The van der Waals surface area contributed by atoms with Gasteiger partial charge in [-0.25, -0.2) is 9.59 Å². The maximum Gasteiger partial charge on any atom is 0.344 e. The summed E-state index contributed by atoms with van der Waals surface area (Å²) in [6.45, 7) is 1.88. The van der Waals surface area contributed by atoms with Crippen molar-refractivity contribution in [3.63, 3.8) is 0 Å². The molecule has 5 rings (SSSR count). The van der Waals surface area contributed by atoms with Gasteiger partial charge in [0.15, 0.2) is 5.78 Å². The van der Waals surface area contributed by atoms with E-state index < -0.39 is 23.8 Å². The summed E-state index contributed by atoms with van der Waals surface area (Å²) >= 11 is 0. The second-order valence-corrected chi connectivity index (χ2v) is 6.85. The molecular weight excluding hydrogens is 360 g/mol. The van der Waals surface area contributed by atoms with Crippen molar-refractivity contribution in [3.05, 3.63) is 81.7 Å². The monoisotopic (exact) mass is 374 g/mol. The standard InChI is InChI=1S/C22H14O6/c1-11-6-7-18-15(8-11)19(23)16-10-14(21(25)28-22(16)27-18)13-9-12-4-2-3-5-17(12)26-20(13)24/h2-10,16,22H,1H3. The Labute approximate surface area is 159 Å². The zero-order valence-corrected chi connectivity index (χ0v) is 14.8. The Morgan fingerprint density at radius 2 is 1.71 bits per heavy atom. The average Bonchev–Trinajstić information content (AvgIpc) is 2.68. The number of para-hydroxylation sites is 1. The number of ether oxygens (including phenoxy) is 2. The second-order valence-electron chi connectivity index (χ2n) is 6.85. The molecule has 0 bridgehead atoms. The normalized spacial score (nSPS) is 20.7. The SMILES string of the molecule is Cc1ccc2c(c1)C(=O)C1C=C(c3cc4ccccc4oc3=O)C(=O)OC1O2. The summed E-state index contributed by atoms with van der Waals surface area (Å²) in [6, 6.07) is 13.8. The Bertz CT molecular complexity index is 1250. The molecule has 2 atom stereocenters. The van der Waals surface area contributed by atoms with E-state index in [9.17, 15) is 14.4 Å². The zero-order chi connectivity index (χ0) is 19.4. The number of hydrogen-bond donors (Lipinski definition) is 0. The molecule has 0 fully saturated rings. The van der Waals surface area contributed by atoms with Crippen LogP contribution in [0.3, 0.4) is 0 Å². The Balaban J connectivity index is 1.64. The van der Waals surface area contributed by atoms with E-state index in [1.54, 1.807) is 42.5 Å². The second kappa shape index (κ2) is 5.92. The predicted molar refractivity (Wildman–Crippen MR) is 100.0 cm³/mol.